The van der Waals surface area contributed by atoms with Gasteiger partial charge in [0.1, 0.15) is 0 Å². The van der Waals surface area contributed by atoms with Crippen molar-refractivity contribution in [2.24, 2.45) is 0 Å². The average Bonchev–Trinajstić information content (AvgIpc) is 2.84. The van der Waals surface area contributed by atoms with Crippen LogP contribution in [0, 0.1) is 6.92 Å². The van der Waals surface area contributed by atoms with Crippen molar-refractivity contribution in [3.05, 3.63) is 17.5 Å². The third-order valence-corrected chi connectivity index (χ3v) is 3.98. The van der Waals surface area contributed by atoms with Crippen LogP contribution in [0.5, 0.6) is 6.01 Å². The molecule has 1 aromatic heterocycles. The van der Waals surface area contributed by atoms with Gasteiger partial charge in [0.2, 0.25) is 0 Å². The summed E-state index contributed by atoms with van der Waals surface area (Å²) < 4.78 is 5.69. The molecule has 0 spiro atoms. The van der Waals surface area contributed by atoms with Crippen LogP contribution in [-0.4, -0.2) is 47.7 Å². The maximum Gasteiger partial charge on any atom is 0.316 e. The highest BCUT2D eigenvalue weighted by atomic mass is 16.5. The molecule has 1 saturated heterocycles. The van der Waals surface area contributed by atoms with Crippen molar-refractivity contribution in [1.29, 1.82) is 0 Å². The summed E-state index contributed by atoms with van der Waals surface area (Å²) in [5.41, 5.74) is 2.13. The third kappa shape index (κ3) is 4.15. The molecule has 0 saturated carbocycles. The lowest BCUT2D eigenvalue weighted by Crippen LogP contribution is -2.26. The minimum Gasteiger partial charge on any atom is -0.463 e. The van der Waals surface area contributed by atoms with Gasteiger partial charge in [0.05, 0.1) is 6.61 Å². The van der Waals surface area contributed by atoms with Crippen molar-refractivity contribution in [2.75, 3.05) is 26.7 Å². The molecule has 5 nitrogen and oxygen atoms in total. The number of aryl methyl sites for hydroxylation is 1. The van der Waals surface area contributed by atoms with Crippen LogP contribution in [-0.2, 0) is 6.54 Å². The Morgan fingerprint density at radius 2 is 2.35 bits per heavy atom. The van der Waals surface area contributed by atoms with Crippen molar-refractivity contribution in [1.82, 2.24) is 20.2 Å². The first-order valence-electron chi connectivity index (χ1n) is 7.57. The van der Waals surface area contributed by atoms with Crippen molar-refractivity contribution in [3.8, 4) is 6.01 Å². The maximum absolute atomic E-state index is 5.69. The largest absolute Gasteiger partial charge is 0.463 e. The molecule has 1 aromatic rings. The second kappa shape index (κ2) is 7.55. The van der Waals surface area contributed by atoms with Gasteiger partial charge in [-0.1, -0.05) is 6.92 Å². The molecule has 1 atom stereocenters. The Morgan fingerprint density at radius 3 is 3.00 bits per heavy atom. The molecular weight excluding hydrogens is 252 g/mol. The highest BCUT2D eigenvalue weighted by Crippen LogP contribution is 2.18. The van der Waals surface area contributed by atoms with Crippen LogP contribution in [0.1, 0.15) is 37.4 Å². The van der Waals surface area contributed by atoms with Crippen LogP contribution in [0.4, 0.5) is 0 Å². The molecule has 0 amide bonds. The fraction of sp³-hybridized carbons (Fsp3) is 0.733. The van der Waals surface area contributed by atoms with Crippen LogP contribution in [0.25, 0.3) is 0 Å². The Balaban J connectivity index is 1.79. The topological polar surface area (TPSA) is 50.3 Å². The van der Waals surface area contributed by atoms with Crippen LogP contribution < -0.4 is 10.1 Å². The van der Waals surface area contributed by atoms with Crippen molar-refractivity contribution >= 4 is 0 Å². The standard InChI is InChI=1S/C15H26N4O/c1-4-16-10-13-11-17-15(18-12(13)2)20-9-7-14-6-5-8-19(14)3/h11,14,16H,4-10H2,1-3H3. The number of aromatic nitrogens is 2. The molecule has 0 aliphatic carbocycles. The molecule has 1 aliphatic heterocycles. The summed E-state index contributed by atoms with van der Waals surface area (Å²) in [5, 5.41) is 3.28. The molecule has 0 aromatic carbocycles. The number of ether oxygens (including phenoxy) is 1. The smallest absolute Gasteiger partial charge is 0.316 e. The summed E-state index contributed by atoms with van der Waals surface area (Å²) in [6.07, 6.45) is 5.50. The fourth-order valence-electron chi connectivity index (χ4n) is 2.60. The van der Waals surface area contributed by atoms with E-state index in [0.29, 0.717) is 18.7 Å². The van der Waals surface area contributed by atoms with E-state index in [1.165, 1.54) is 19.4 Å². The molecule has 1 unspecified atom stereocenters. The van der Waals surface area contributed by atoms with Gasteiger partial charge < -0.3 is 15.0 Å². The summed E-state index contributed by atoms with van der Waals surface area (Å²) >= 11 is 0. The van der Waals surface area contributed by atoms with Crippen molar-refractivity contribution < 1.29 is 4.74 Å². The summed E-state index contributed by atoms with van der Waals surface area (Å²) in [4.78, 5) is 11.1. The van der Waals surface area contributed by atoms with Gasteiger partial charge >= 0.3 is 6.01 Å². The van der Waals surface area contributed by atoms with Crippen LogP contribution in [0.3, 0.4) is 0 Å². The molecule has 112 valence electrons. The fourth-order valence-corrected chi connectivity index (χ4v) is 2.60. The van der Waals surface area contributed by atoms with Crippen molar-refractivity contribution in [2.45, 2.75) is 45.7 Å². The van der Waals surface area contributed by atoms with E-state index in [4.69, 9.17) is 4.74 Å². The van der Waals surface area contributed by atoms with E-state index in [-0.39, 0.29) is 0 Å². The minimum atomic E-state index is 0.503. The predicted molar refractivity (Wildman–Crippen MR) is 79.9 cm³/mol. The van der Waals surface area contributed by atoms with E-state index in [9.17, 15) is 0 Å². The number of nitrogens with zero attached hydrogens (tertiary/aromatic N) is 3. The molecule has 1 aliphatic rings. The van der Waals surface area contributed by atoms with Gasteiger partial charge in [-0.2, -0.15) is 0 Å². The van der Waals surface area contributed by atoms with Gasteiger partial charge in [0.15, 0.2) is 0 Å². The van der Waals surface area contributed by atoms with E-state index < -0.39 is 0 Å². The molecule has 5 heteroatoms. The summed E-state index contributed by atoms with van der Waals surface area (Å²) in [7, 11) is 2.19. The van der Waals surface area contributed by atoms with E-state index in [1.807, 2.05) is 13.1 Å². The monoisotopic (exact) mass is 278 g/mol. The summed E-state index contributed by atoms with van der Waals surface area (Å²) in [5.74, 6) is 0. The van der Waals surface area contributed by atoms with E-state index >= 15 is 0 Å². The number of hydrogen-bond donors (Lipinski definition) is 1. The van der Waals surface area contributed by atoms with Crippen molar-refractivity contribution in [3.63, 3.8) is 0 Å². The molecule has 0 bridgehead atoms. The first kappa shape index (κ1) is 15.2. The Bertz CT molecular complexity index is 424. The average molecular weight is 278 g/mol. The highest BCUT2D eigenvalue weighted by Gasteiger charge is 2.20. The Hall–Kier alpha value is -1.20. The van der Waals surface area contributed by atoms with Gasteiger partial charge in [0.25, 0.3) is 0 Å². The lowest BCUT2D eigenvalue weighted by atomic mass is 10.1. The Kier molecular flexibility index (Phi) is 5.73. The van der Waals surface area contributed by atoms with Gasteiger partial charge in [-0.15, -0.1) is 0 Å². The Labute approximate surface area is 121 Å². The first-order chi connectivity index (χ1) is 9.70. The van der Waals surface area contributed by atoms with E-state index in [0.717, 1.165) is 30.8 Å². The number of likely N-dealkylation sites (tertiary alicyclic amines) is 1. The zero-order valence-electron chi connectivity index (χ0n) is 12.9. The molecule has 2 heterocycles. The molecule has 1 N–H and O–H groups in total. The molecule has 0 radical (unpaired) electrons. The zero-order valence-corrected chi connectivity index (χ0v) is 12.9. The van der Waals surface area contributed by atoms with Gasteiger partial charge in [-0.3, -0.25) is 0 Å². The van der Waals surface area contributed by atoms with E-state index in [1.54, 1.807) is 0 Å². The van der Waals surface area contributed by atoms with Gasteiger partial charge in [-0.25, -0.2) is 9.97 Å². The SMILES string of the molecule is CCNCc1cnc(OCCC2CCCN2C)nc1C. The number of rotatable bonds is 7. The normalized spacial score (nSPS) is 19.4. The zero-order chi connectivity index (χ0) is 14.4. The van der Waals surface area contributed by atoms with Gasteiger partial charge in [-0.05, 0) is 46.3 Å². The molecule has 20 heavy (non-hydrogen) atoms. The highest BCUT2D eigenvalue weighted by molar-refractivity contribution is 5.17. The molecule has 2 rings (SSSR count). The lowest BCUT2D eigenvalue weighted by Gasteiger charge is -2.18. The second-order valence-corrected chi connectivity index (χ2v) is 5.46. The molecular formula is C15H26N4O. The summed E-state index contributed by atoms with van der Waals surface area (Å²) in [6.45, 7) is 7.77. The molecule has 1 fully saturated rings. The minimum absolute atomic E-state index is 0.503. The van der Waals surface area contributed by atoms with Crippen LogP contribution in [0.15, 0.2) is 6.20 Å². The van der Waals surface area contributed by atoms with Crippen LogP contribution >= 0.6 is 0 Å². The lowest BCUT2D eigenvalue weighted by molar-refractivity contribution is 0.222. The quantitative estimate of drug-likeness (QED) is 0.823. The third-order valence-electron chi connectivity index (χ3n) is 3.98. The van der Waals surface area contributed by atoms with Gasteiger partial charge in [0, 0.05) is 30.0 Å². The van der Waals surface area contributed by atoms with Crippen LogP contribution in [0.2, 0.25) is 0 Å². The number of hydrogen-bond acceptors (Lipinski definition) is 5. The maximum atomic E-state index is 5.69. The second-order valence-electron chi connectivity index (χ2n) is 5.46. The first-order valence-corrected chi connectivity index (χ1v) is 7.57. The predicted octanol–water partition coefficient (Wildman–Crippen LogP) is 1.76. The van der Waals surface area contributed by atoms with E-state index in [2.05, 4.69) is 34.2 Å². The summed E-state index contributed by atoms with van der Waals surface area (Å²) in [6, 6.07) is 1.16. The Morgan fingerprint density at radius 1 is 1.50 bits per heavy atom. The number of nitrogens with one attached hydrogen (secondary N) is 1.